The Morgan fingerprint density at radius 2 is 0.872 bits per heavy atom. The van der Waals surface area contributed by atoms with E-state index in [2.05, 4.69) is 159 Å². The number of anilines is 3. The quantitative estimate of drug-likeness (QED) is 0.179. The minimum atomic E-state index is 1.14. The lowest BCUT2D eigenvalue weighted by atomic mass is 10.0. The van der Waals surface area contributed by atoms with E-state index in [1.54, 1.807) is 0 Å². The summed E-state index contributed by atoms with van der Waals surface area (Å²) >= 11 is 0. The fraction of sp³-hybridized carbons (Fsp3) is 0.158. The van der Waals surface area contributed by atoms with Gasteiger partial charge in [0.15, 0.2) is 0 Å². The van der Waals surface area contributed by atoms with Crippen molar-refractivity contribution in [2.75, 3.05) is 4.90 Å². The number of hydrogen-bond acceptors (Lipinski definition) is 1. The van der Waals surface area contributed by atoms with Crippen molar-refractivity contribution in [3.63, 3.8) is 0 Å². The molecule has 39 heavy (non-hydrogen) atoms. The molecular weight excluding hydrogens is 470 g/mol. The van der Waals surface area contributed by atoms with E-state index in [0.29, 0.717) is 0 Å². The van der Waals surface area contributed by atoms with Crippen LogP contribution in [-0.4, -0.2) is 0 Å². The van der Waals surface area contributed by atoms with Crippen molar-refractivity contribution >= 4 is 29.2 Å². The maximum Gasteiger partial charge on any atom is 0.0462 e. The molecule has 5 aromatic rings. The van der Waals surface area contributed by atoms with Crippen molar-refractivity contribution in [2.45, 2.75) is 40.0 Å². The smallest absolute Gasteiger partial charge is 0.0462 e. The molecule has 0 saturated heterocycles. The lowest BCUT2D eigenvalue weighted by molar-refractivity contribution is 0.795. The molecule has 0 aliphatic carbocycles. The van der Waals surface area contributed by atoms with Gasteiger partial charge < -0.3 is 4.90 Å². The molecule has 1 heteroatoms. The van der Waals surface area contributed by atoms with E-state index in [0.717, 1.165) is 12.1 Å². The van der Waals surface area contributed by atoms with Crippen LogP contribution in [0, 0.1) is 13.8 Å². The Kier molecular flexibility index (Phi) is 8.39. The molecule has 0 radical (unpaired) electrons. The molecule has 194 valence electrons. The highest BCUT2D eigenvalue weighted by atomic mass is 15.1. The Balaban J connectivity index is 1.35. The van der Waals surface area contributed by atoms with Crippen molar-refractivity contribution < 1.29 is 0 Å². The fourth-order valence-corrected chi connectivity index (χ4v) is 4.79. The third-order valence-corrected chi connectivity index (χ3v) is 7.22. The molecule has 0 heterocycles. The maximum atomic E-state index is 2.33. The number of unbranched alkanes of at least 4 members (excludes halogenated alkanes) is 1. The van der Waals surface area contributed by atoms with Crippen molar-refractivity contribution in [3.8, 4) is 11.1 Å². The van der Waals surface area contributed by atoms with Crippen LogP contribution in [0.5, 0.6) is 0 Å². The summed E-state index contributed by atoms with van der Waals surface area (Å²) in [5, 5.41) is 0. The number of nitrogens with zero attached hydrogens (tertiary/aromatic N) is 1. The molecule has 0 aromatic heterocycles. The minimum absolute atomic E-state index is 1.14. The Morgan fingerprint density at radius 3 is 1.36 bits per heavy atom. The van der Waals surface area contributed by atoms with Gasteiger partial charge in [-0.15, -0.1) is 0 Å². The molecule has 0 atom stereocenters. The molecule has 0 fully saturated rings. The van der Waals surface area contributed by atoms with Gasteiger partial charge in [-0.1, -0.05) is 122 Å². The van der Waals surface area contributed by atoms with Crippen LogP contribution >= 0.6 is 0 Å². The van der Waals surface area contributed by atoms with Crippen LogP contribution in [0.1, 0.15) is 47.6 Å². The molecule has 0 bridgehead atoms. The summed E-state index contributed by atoms with van der Waals surface area (Å²) in [7, 11) is 0. The van der Waals surface area contributed by atoms with Crippen molar-refractivity contribution in [1.82, 2.24) is 0 Å². The highest BCUT2D eigenvalue weighted by Crippen LogP contribution is 2.35. The summed E-state index contributed by atoms with van der Waals surface area (Å²) in [6, 6.07) is 44.1. The van der Waals surface area contributed by atoms with Gasteiger partial charge in [-0.25, -0.2) is 0 Å². The third-order valence-electron chi connectivity index (χ3n) is 7.22. The Bertz CT molecular complexity index is 1490. The van der Waals surface area contributed by atoms with Gasteiger partial charge in [-0.2, -0.15) is 0 Å². The van der Waals surface area contributed by atoms with E-state index >= 15 is 0 Å². The van der Waals surface area contributed by atoms with E-state index in [4.69, 9.17) is 0 Å². The molecule has 0 spiro atoms. The van der Waals surface area contributed by atoms with Gasteiger partial charge in [-0.3, -0.25) is 0 Å². The number of benzene rings is 5. The second-order valence-corrected chi connectivity index (χ2v) is 10.4. The van der Waals surface area contributed by atoms with Crippen LogP contribution in [0.2, 0.25) is 0 Å². The summed E-state index contributed by atoms with van der Waals surface area (Å²) in [4.78, 5) is 2.33. The van der Waals surface area contributed by atoms with Crippen molar-refractivity contribution in [1.29, 1.82) is 0 Å². The van der Waals surface area contributed by atoms with Crippen LogP contribution in [-0.2, 0) is 6.42 Å². The van der Waals surface area contributed by atoms with Gasteiger partial charge in [0.1, 0.15) is 0 Å². The predicted molar refractivity (Wildman–Crippen MR) is 170 cm³/mol. The van der Waals surface area contributed by atoms with E-state index in [1.807, 2.05) is 0 Å². The summed E-state index contributed by atoms with van der Waals surface area (Å²) in [6.45, 7) is 6.50. The van der Waals surface area contributed by atoms with Crippen molar-refractivity contribution in [3.05, 3.63) is 149 Å². The molecule has 0 unspecified atom stereocenters. The van der Waals surface area contributed by atoms with Gasteiger partial charge in [0.05, 0.1) is 0 Å². The fourth-order valence-electron chi connectivity index (χ4n) is 4.79. The van der Waals surface area contributed by atoms with Crippen LogP contribution < -0.4 is 4.90 Å². The van der Waals surface area contributed by atoms with E-state index in [1.165, 1.54) is 63.2 Å². The first-order chi connectivity index (χ1) is 19.1. The lowest BCUT2D eigenvalue weighted by Crippen LogP contribution is -2.10. The van der Waals surface area contributed by atoms with E-state index in [9.17, 15) is 0 Å². The topological polar surface area (TPSA) is 3.24 Å². The van der Waals surface area contributed by atoms with Gasteiger partial charge in [0.25, 0.3) is 0 Å². The minimum Gasteiger partial charge on any atom is -0.311 e. The molecule has 5 rings (SSSR count). The maximum absolute atomic E-state index is 2.33. The number of rotatable bonds is 9. The summed E-state index contributed by atoms with van der Waals surface area (Å²) in [5.74, 6) is 0. The van der Waals surface area contributed by atoms with Gasteiger partial charge in [-0.05, 0) is 90.9 Å². The van der Waals surface area contributed by atoms with Crippen LogP contribution in [0.25, 0.3) is 23.3 Å². The zero-order valence-electron chi connectivity index (χ0n) is 23.3. The molecule has 0 N–H and O–H groups in total. The Hall–Kier alpha value is -4.36. The third kappa shape index (κ3) is 6.75. The first-order valence-corrected chi connectivity index (χ1v) is 14.0. The lowest BCUT2D eigenvalue weighted by Gasteiger charge is -2.26. The average molecular weight is 508 g/mol. The normalized spacial score (nSPS) is 11.2. The standard InChI is InChI=1S/C38H37N/c1-4-5-6-31-15-25-37(26-16-31)39(36-23-9-30(3)10-24-36)38-27-17-33(18-28-38)12-11-32-13-21-35(22-14-32)34-19-7-29(2)8-20-34/h7-28H,4-6H2,1-3H3/b12-11+. The second kappa shape index (κ2) is 12.5. The number of hydrogen-bond donors (Lipinski definition) is 0. The second-order valence-electron chi connectivity index (χ2n) is 10.4. The summed E-state index contributed by atoms with van der Waals surface area (Å²) in [6.07, 6.45) is 7.95. The molecular formula is C38H37N. The summed E-state index contributed by atoms with van der Waals surface area (Å²) in [5.41, 5.74) is 12.3. The average Bonchev–Trinajstić information content (AvgIpc) is 2.98. The van der Waals surface area contributed by atoms with Crippen LogP contribution in [0.4, 0.5) is 17.1 Å². The van der Waals surface area contributed by atoms with Gasteiger partial charge >= 0.3 is 0 Å². The first kappa shape index (κ1) is 26.3. The predicted octanol–water partition coefficient (Wildman–Crippen LogP) is 11.0. The molecule has 0 aliphatic rings. The highest BCUT2D eigenvalue weighted by molar-refractivity contribution is 5.78. The molecule has 0 saturated carbocycles. The first-order valence-electron chi connectivity index (χ1n) is 14.0. The molecule has 0 amide bonds. The highest BCUT2D eigenvalue weighted by Gasteiger charge is 2.12. The zero-order valence-corrected chi connectivity index (χ0v) is 23.3. The molecule has 5 aromatic carbocycles. The SMILES string of the molecule is CCCCc1ccc(N(c2ccc(C)cc2)c2ccc(/C=C/c3ccc(-c4ccc(C)cc4)cc3)cc2)cc1. The Morgan fingerprint density at radius 1 is 0.487 bits per heavy atom. The van der Waals surface area contributed by atoms with Gasteiger partial charge in [0, 0.05) is 17.1 Å². The van der Waals surface area contributed by atoms with E-state index < -0.39 is 0 Å². The van der Waals surface area contributed by atoms with E-state index in [-0.39, 0.29) is 0 Å². The largest absolute Gasteiger partial charge is 0.311 e. The Labute approximate surface area is 234 Å². The molecule has 1 nitrogen and oxygen atoms in total. The molecule has 0 aliphatic heterocycles. The van der Waals surface area contributed by atoms with Crippen LogP contribution in [0.15, 0.2) is 121 Å². The van der Waals surface area contributed by atoms with Gasteiger partial charge in [0.2, 0.25) is 0 Å². The monoisotopic (exact) mass is 507 g/mol. The van der Waals surface area contributed by atoms with Crippen molar-refractivity contribution in [2.24, 2.45) is 0 Å². The zero-order chi connectivity index (χ0) is 27.0. The summed E-state index contributed by atoms with van der Waals surface area (Å²) < 4.78 is 0. The number of aryl methyl sites for hydroxylation is 3. The van der Waals surface area contributed by atoms with Crippen LogP contribution in [0.3, 0.4) is 0 Å².